The highest BCUT2D eigenvalue weighted by molar-refractivity contribution is 6.31. The molecule has 0 amide bonds. The maximum absolute atomic E-state index is 13.2. The van der Waals surface area contributed by atoms with Gasteiger partial charge in [0.1, 0.15) is 11.5 Å². The number of rotatable bonds is 5. The number of nitrogens with one attached hydrogen (secondary N) is 1. The van der Waals surface area contributed by atoms with Gasteiger partial charge in [0.25, 0.3) is 5.69 Å². The van der Waals surface area contributed by atoms with E-state index < -0.39 is 10.7 Å². The third kappa shape index (κ3) is 3.78. The van der Waals surface area contributed by atoms with Crippen LogP contribution in [0.25, 0.3) is 0 Å². The molecule has 1 N–H and O–H groups in total. The Kier molecular flexibility index (Phi) is 5.11. The number of nitro groups is 1. The topological polar surface area (TPSA) is 67.6 Å². The van der Waals surface area contributed by atoms with Gasteiger partial charge in [-0.1, -0.05) is 11.6 Å². The summed E-state index contributed by atoms with van der Waals surface area (Å²) < 4.78 is 18.5. The van der Waals surface area contributed by atoms with E-state index in [1.807, 2.05) is 0 Å². The van der Waals surface area contributed by atoms with Crippen LogP contribution in [-0.2, 0) is 4.74 Å². The average molecular weight is 304 g/mol. The molecule has 110 valence electrons. The molecule has 0 radical (unpaired) electrons. The lowest BCUT2D eigenvalue weighted by atomic mass is 10.2. The van der Waals surface area contributed by atoms with E-state index >= 15 is 0 Å². The first kappa shape index (κ1) is 15.0. The number of halogens is 2. The highest BCUT2D eigenvalue weighted by atomic mass is 35.5. The molecule has 1 aliphatic rings. The number of nitrogens with zero attached hydrogens (tertiary/aromatic N) is 2. The SMILES string of the molecule is O=[N+]([O-])c1cc(F)c(Cl)cc1NCCN1CCOCC1. The Morgan fingerprint density at radius 1 is 1.45 bits per heavy atom. The Balaban J connectivity index is 1.97. The van der Waals surface area contributed by atoms with Crippen LogP contribution in [0.1, 0.15) is 0 Å². The maximum Gasteiger partial charge on any atom is 0.295 e. The fourth-order valence-corrected chi connectivity index (χ4v) is 2.17. The highest BCUT2D eigenvalue weighted by Gasteiger charge is 2.18. The van der Waals surface area contributed by atoms with Crippen LogP contribution in [0.15, 0.2) is 12.1 Å². The summed E-state index contributed by atoms with van der Waals surface area (Å²) in [6.45, 7) is 4.32. The molecule has 0 spiro atoms. The quantitative estimate of drug-likeness (QED) is 0.667. The van der Waals surface area contributed by atoms with Gasteiger partial charge < -0.3 is 10.1 Å². The molecule has 1 aromatic carbocycles. The van der Waals surface area contributed by atoms with Gasteiger partial charge in [0.15, 0.2) is 0 Å². The van der Waals surface area contributed by atoms with Crippen molar-refractivity contribution in [2.75, 3.05) is 44.7 Å². The molecule has 0 aliphatic carbocycles. The predicted molar refractivity (Wildman–Crippen MR) is 73.8 cm³/mol. The molecule has 1 saturated heterocycles. The van der Waals surface area contributed by atoms with Gasteiger partial charge in [-0.2, -0.15) is 0 Å². The third-order valence-corrected chi connectivity index (χ3v) is 3.37. The van der Waals surface area contributed by atoms with Crippen LogP contribution in [0, 0.1) is 15.9 Å². The summed E-state index contributed by atoms with van der Waals surface area (Å²) in [5, 5.41) is 13.7. The van der Waals surface area contributed by atoms with Crippen molar-refractivity contribution >= 4 is 23.0 Å². The lowest BCUT2D eigenvalue weighted by molar-refractivity contribution is -0.384. The smallest absolute Gasteiger partial charge is 0.295 e. The first-order valence-electron chi connectivity index (χ1n) is 6.25. The summed E-state index contributed by atoms with van der Waals surface area (Å²) in [6.07, 6.45) is 0. The van der Waals surface area contributed by atoms with Crippen molar-refractivity contribution in [1.29, 1.82) is 0 Å². The molecule has 6 nitrogen and oxygen atoms in total. The summed E-state index contributed by atoms with van der Waals surface area (Å²) in [4.78, 5) is 12.4. The van der Waals surface area contributed by atoms with Gasteiger partial charge in [-0.25, -0.2) is 4.39 Å². The minimum atomic E-state index is -0.794. The first-order chi connectivity index (χ1) is 9.58. The summed E-state index contributed by atoms with van der Waals surface area (Å²) in [5.74, 6) is -0.794. The van der Waals surface area contributed by atoms with Gasteiger partial charge in [0.05, 0.1) is 29.2 Å². The second-order valence-electron chi connectivity index (χ2n) is 4.42. The van der Waals surface area contributed by atoms with Gasteiger partial charge in [0.2, 0.25) is 0 Å². The Morgan fingerprint density at radius 2 is 2.15 bits per heavy atom. The van der Waals surface area contributed by atoms with E-state index in [1.165, 1.54) is 6.07 Å². The molecule has 0 unspecified atom stereocenters. The van der Waals surface area contributed by atoms with E-state index in [0.717, 1.165) is 25.7 Å². The first-order valence-corrected chi connectivity index (χ1v) is 6.63. The van der Waals surface area contributed by atoms with Crippen molar-refractivity contribution in [2.24, 2.45) is 0 Å². The second-order valence-corrected chi connectivity index (χ2v) is 4.83. The van der Waals surface area contributed by atoms with E-state index in [1.54, 1.807) is 0 Å². The van der Waals surface area contributed by atoms with Crippen molar-refractivity contribution in [3.63, 3.8) is 0 Å². The number of morpholine rings is 1. The number of hydrogen-bond donors (Lipinski definition) is 1. The van der Waals surface area contributed by atoms with Gasteiger partial charge >= 0.3 is 0 Å². The van der Waals surface area contributed by atoms with E-state index in [2.05, 4.69) is 10.2 Å². The van der Waals surface area contributed by atoms with Crippen LogP contribution in [0.5, 0.6) is 0 Å². The fraction of sp³-hybridized carbons (Fsp3) is 0.500. The molecular formula is C12H15ClFN3O3. The lowest BCUT2D eigenvalue weighted by Gasteiger charge is -2.26. The van der Waals surface area contributed by atoms with Crippen LogP contribution in [0.3, 0.4) is 0 Å². The zero-order valence-electron chi connectivity index (χ0n) is 10.8. The molecule has 1 heterocycles. The predicted octanol–water partition coefficient (Wildman–Crippen LogP) is 2.13. The Morgan fingerprint density at radius 3 is 2.80 bits per heavy atom. The van der Waals surface area contributed by atoms with Crippen LogP contribution in [-0.4, -0.2) is 49.2 Å². The monoisotopic (exact) mass is 303 g/mol. The Labute approximate surface area is 120 Å². The van der Waals surface area contributed by atoms with Crippen LogP contribution in [0.4, 0.5) is 15.8 Å². The molecule has 20 heavy (non-hydrogen) atoms. The van der Waals surface area contributed by atoms with Gasteiger partial charge in [-0.3, -0.25) is 15.0 Å². The summed E-state index contributed by atoms with van der Waals surface area (Å²) in [5.41, 5.74) is -0.0801. The van der Waals surface area contributed by atoms with Crippen LogP contribution >= 0.6 is 11.6 Å². The van der Waals surface area contributed by atoms with Crippen molar-refractivity contribution in [3.8, 4) is 0 Å². The van der Waals surface area contributed by atoms with Gasteiger partial charge in [-0.15, -0.1) is 0 Å². The zero-order valence-corrected chi connectivity index (χ0v) is 11.5. The normalized spacial score (nSPS) is 16.1. The second kappa shape index (κ2) is 6.83. The number of hydrogen-bond acceptors (Lipinski definition) is 5. The van der Waals surface area contributed by atoms with Crippen LogP contribution in [0.2, 0.25) is 5.02 Å². The number of ether oxygens (including phenoxy) is 1. The fourth-order valence-electron chi connectivity index (χ4n) is 2.00. The molecular weight excluding hydrogens is 289 g/mol. The molecule has 1 fully saturated rings. The van der Waals surface area contributed by atoms with Gasteiger partial charge in [0, 0.05) is 26.2 Å². The Bertz CT molecular complexity index is 495. The third-order valence-electron chi connectivity index (χ3n) is 3.08. The lowest BCUT2D eigenvalue weighted by Crippen LogP contribution is -2.39. The average Bonchev–Trinajstić information content (AvgIpc) is 2.43. The maximum atomic E-state index is 13.2. The molecule has 0 saturated carbocycles. The molecule has 2 rings (SSSR count). The summed E-state index contributed by atoms with van der Waals surface area (Å²) in [6, 6.07) is 2.08. The van der Waals surface area contributed by atoms with Gasteiger partial charge in [-0.05, 0) is 6.07 Å². The van der Waals surface area contributed by atoms with Crippen LogP contribution < -0.4 is 5.32 Å². The zero-order chi connectivity index (χ0) is 14.5. The van der Waals surface area contributed by atoms with E-state index in [0.29, 0.717) is 19.8 Å². The minimum Gasteiger partial charge on any atom is -0.379 e. The number of anilines is 1. The summed E-state index contributed by atoms with van der Waals surface area (Å²) in [7, 11) is 0. The molecule has 1 aromatic rings. The number of nitro benzene ring substituents is 1. The van der Waals surface area contributed by atoms with E-state index in [9.17, 15) is 14.5 Å². The molecule has 0 bridgehead atoms. The van der Waals surface area contributed by atoms with Crippen molar-refractivity contribution < 1.29 is 14.1 Å². The minimum absolute atomic E-state index is 0.135. The molecule has 1 aliphatic heterocycles. The largest absolute Gasteiger partial charge is 0.379 e. The van der Waals surface area contributed by atoms with Crippen molar-refractivity contribution in [2.45, 2.75) is 0 Å². The standard InChI is InChI=1S/C12H15ClFN3O3/c13-9-7-11(12(17(18)19)8-10(9)14)15-1-2-16-3-5-20-6-4-16/h7-8,15H,1-6H2. The molecule has 0 aromatic heterocycles. The van der Waals surface area contributed by atoms with Crippen molar-refractivity contribution in [1.82, 2.24) is 4.90 Å². The van der Waals surface area contributed by atoms with E-state index in [-0.39, 0.29) is 16.4 Å². The Hall–Kier alpha value is -1.44. The highest BCUT2D eigenvalue weighted by Crippen LogP contribution is 2.30. The summed E-state index contributed by atoms with van der Waals surface area (Å²) >= 11 is 5.65. The van der Waals surface area contributed by atoms with Crippen molar-refractivity contribution in [3.05, 3.63) is 33.1 Å². The molecule has 0 atom stereocenters. The van der Waals surface area contributed by atoms with E-state index in [4.69, 9.17) is 16.3 Å². The number of benzene rings is 1. The molecule has 8 heteroatoms.